The number of fused-ring (bicyclic) bond motifs is 1. The molecule has 0 aliphatic carbocycles. The molecule has 0 aromatic carbocycles. The summed E-state index contributed by atoms with van der Waals surface area (Å²) in [7, 11) is 0. The second-order valence-corrected chi connectivity index (χ2v) is 4.77. The first kappa shape index (κ1) is 11.8. The van der Waals surface area contributed by atoms with E-state index in [1.54, 1.807) is 0 Å². The number of nitrogens with zero attached hydrogens (tertiary/aromatic N) is 2. The van der Waals surface area contributed by atoms with Crippen LogP contribution in [0.3, 0.4) is 0 Å². The molecule has 0 saturated carbocycles. The molecular weight excluding hydrogens is 220 g/mol. The Morgan fingerprint density at radius 1 is 1.59 bits per heavy atom. The van der Waals surface area contributed by atoms with E-state index in [4.69, 9.17) is 5.11 Å². The van der Waals surface area contributed by atoms with Crippen molar-refractivity contribution >= 4 is 5.97 Å². The van der Waals surface area contributed by atoms with Crippen molar-refractivity contribution in [2.24, 2.45) is 5.92 Å². The van der Waals surface area contributed by atoms with Gasteiger partial charge in [-0.3, -0.25) is 14.2 Å². The second-order valence-electron chi connectivity index (χ2n) is 4.77. The van der Waals surface area contributed by atoms with E-state index in [0.717, 1.165) is 11.5 Å². The van der Waals surface area contributed by atoms with Gasteiger partial charge >= 0.3 is 5.97 Å². The smallest absolute Gasteiger partial charge is 0.308 e. The molecule has 0 fully saturated rings. The first-order chi connectivity index (χ1) is 7.99. The van der Waals surface area contributed by atoms with E-state index in [2.05, 4.69) is 4.98 Å². The van der Waals surface area contributed by atoms with Gasteiger partial charge in [-0.15, -0.1) is 0 Å². The Balaban J connectivity index is 2.40. The van der Waals surface area contributed by atoms with Crippen molar-refractivity contribution in [2.75, 3.05) is 0 Å². The summed E-state index contributed by atoms with van der Waals surface area (Å²) in [5.74, 6) is -0.369. The van der Waals surface area contributed by atoms with E-state index in [-0.39, 0.29) is 18.0 Å². The highest BCUT2D eigenvalue weighted by molar-refractivity contribution is 5.70. The number of aryl methyl sites for hydroxylation is 1. The fourth-order valence-electron chi connectivity index (χ4n) is 2.07. The lowest BCUT2D eigenvalue weighted by atomic mass is 9.99. The fourth-order valence-corrected chi connectivity index (χ4v) is 2.07. The van der Waals surface area contributed by atoms with Gasteiger partial charge in [0.1, 0.15) is 5.82 Å². The van der Waals surface area contributed by atoms with Crippen LogP contribution in [0.4, 0.5) is 0 Å². The van der Waals surface area contributed by atoms with Crippen molar-refractivity contribution < 1.29 is 9.90 Å². The fraction of sp³-hybridized carbons (Fsp3) is 0.583. The van der Waals surface area contributed by atoms with Gasteiger partial charge in [0.05, 0.1) is 11.6 Å². The van der Waals surface area contributed by atoms with Crippen LogP contribution in [-0.4, -0.2) is 20.6 Å². The molecule has 0 spiro atoms. The quantitative estimate of drug-likeness (QED) is 0.832. The number of carboxylic acid groups (broad SMARTS) is 1. The number of aromatic nitrogens is 2. The first-order valence-corrected chi connectivity index (χ1v) is 5.82. The Morgan fingerprint density at radius 2 is 2.29 bits per heavy atom. The van der Waals surface area contributed by atoms with Crippen LogP contribution in [0.15, 0.2) is 10.9 Å². The third-order valence-electron chi connectivity index (χ3n) is 3.17. The molecule has 1 aromatic rings. The molecule has 1 aliphatic rings. The third-order valence-corrected chi connectivity index (χ3v) is 3.17. The number of rotatable bonds is 2. The topological polar surface area (TPSA) is 72.2 Å². The summed E-state index contributed by atoms with van der Waals surface area (Å²) in [4.78, 5) is 27.2. The predicted molar refractivity (Wildman–Crippen MR) is 62.0 cm³/mol. The van der Waals surface area contributed by atoms with Crippen molar-refractivity contribution in [1.29, 1.82) is 0 Å². The van der Waals surface area contributed by atoms with Crippen LogP contribution < -0.4 is 5.56 Å². The van der Waals surface area contributed by atoms with Gasteiger partial charge in [-0.05, 0) is 12.3 Å². The van der Waals surface area contributed by atoms with E-state index in [1.165, 1.54) is 10.6 Å². The molecule has 1 aliphatic heterocycles. The van der Waals surface area contributed by atoms with E-state index in [1.807, 2.05) is 13.8 Å². The molecule has 0 bridgehead atoms. The van der Waals surface area contributed by atoms with Crippen molar-refractivity contribution in [3.63, 3.8) is 0 Å². The molecular formula is C12H16N2O3. The number of carboxylic acids is 1. The molecule has 92 valence electrons. The maximum absolute atomic E-state index is 11.9. The standard InChI is InChI=1S/C12H16N2O3/c1-7(2)9-5-11(15)14-6-8(12(16)17)3-4-10(14)13-9/h5,7-8H,3-4,6H2,1-2H3,(H,16,17). The lowest BCUT2D eigenvalue weighted by molar-refractivity contribution is -0.142. The summed E-state index contributed by atoms with van der Waals surface area (Å²) in [6, 6.07) is 1.51. The normalized spacial score (nSPS) is 19.1. The molecule has 5 nitrogen and oxygen atoms in total. The molecule has 0 saturated heterocycles. The Morgan fingerprint density at radius 3 is 2.88 bits per heavy atom. The number of hydrogen-bond acceptors (Lipinski definition) is 3. The highest BCUT2D eigenvalue weighted by Gasteiger charge is 2.26. The molecule has 1 N–H and O–H groups in total. The van der Waals surface area contributed by atoms with E-state index < -0.39 is 11.9 Å². The number of aliphatic carboxylic acids is 1. The molecule has 0 radical (unpaired) electrons. The van der Waals surface area contributed by atoms with Crippen LogP contribution in [0, 0.1) is 5.92 Å². The largest absolute Gasteiger partial charge is 0.481 e. The molecule has 0 amide bonds. The first-order valence-electron chi connectivity index (χ1n) is 5.82. The summed E-state index contributed by atoms with van der Waals surface area (Å²) >= 11 is 0. The van der Waals surface area contributed by atoms with Gasteiger partial charge in [0, 0.05) is 19.0 Å². The Bertz CT molecular complexity index is 505. The van der Waals surface area contributed by atoms with Crippen molar-refractivity contribution in [1.82, 2.24) is 9.55 Å². The molecule has 2 rings (SSSR count). The Labute approximate surface area is 99.1 Å². The van der Waals surface area contributed by atoms with Gasteiger partial charge in [0.2, 0.25) is 0 Å². The summed E-state index contributed by atoms with van der Waals surface area (Å²) in [6.45, 7) is 4.22. The van der Waals surface area contributed by atoms with Crippen LogP contribution in [-0.2, 0) is 17.8 Å². The van der Waals surface area contributed by atoms with Crippen LogP contribution in [0.1, 0.15) is 37.7 Å². The van der Waals surface area contributed by atoms with Gasteiger partial charge in [-0.25, -0.2) is 4.98 Å². The minimum atomic E-state index is -0.838. The van der Waals surface area contributed by atoms with Gasteiger partial charge in [-0.2, -0.15) is 0 Å². The summed E-state index contributed by atoms with van der Waals surface area (Å²) in [5, 5.41) is 8.96. The van der Waals surface area contributed by atoms with Crippen LogP contribution >= 0.6 is 0 Å². The maximum atomic E-state index is 11.9. The molecule has 1 unspecified atom stereocenters. The highest BCUT2D eigenvalue weighted by atomic mass is 16.4. The third kappa shape index (κ3) is 2.23. The molecule has 5 heteroatoms. The van der Waals surface area contributed by atoms with Crippen LogP contribution in [0.2, 0.25) is 0 Å². The second kappa shape index (κ2) is 4.31. The van der Waals surface area contributed by atoms with E-state index >= 15 is 0 Å². The lowest BCUT2D eigenvalue weighted by Crippen LogP contribution is -2.35. The molecule has 17 heavy (non-hydrogen) atoms. The summed E-state index contributed by atoms with van der Waals surface area (Å²) in [5.41, 5.74) is 0.652. The number of hydrogen-bond donors (Lipinski definition) is 1. The van der Waals surface area contributed by atoms with Gasteiger partial charge in [0.25, 0.3) is 5.56 Å². The van der Waals surface area contributed by atoms with E-state index in [9.17, 15) is 9.59 Å². The van der Waals surface area contributed by atoms with E-state index in [0.29, 0.717) is 12.8 Å². The lowest BCUT2D eigenvalue weighted by Gasteiger charge is -2.23. The van der Waals surface area contributed by atoms with Gasteiger partial charge in [-0.1, -0.05) is 13.8 Å². The zero-order chi connectivity index (χ0) is 12.6. The van der Waals surface area contributed by atoms with Crippen molar-refractivity contribution in [3.05, 3.63) is 27.9 Å². The van der Waals surface area contributed by atoms with Crippen LogP contribution in [0.25, 0.3) is 0 Å². The summed E-state index contributed by atoms with van der Waals surface area (Å²) in [6.07, 6.45) is 1.12. The van der Waals surface area contributed by atoms with Crippen molar-refractivity contribution in [2.45, 2.75) is 39.2 Å². The SMILES string of the molecule is CC(C)c1cc(=O)n2c(n1)CCC(C(=O)O)C2. The average molecular weight is 236 g/mol. The van der Waals surface area contributed by atoms with Gasteiger partial charge < -0.3 is 5.11 Å². The Hall–Kier alpha value is -1.65. The molecule has 2 heterocycles. The van der Waals surface area contributed by atoms with Gasteiger partial charge in [0.15, 0.2) is 0 Å². The van der Waals surface area contributed by atoms with Crippen molar-refractivity contribution in [3.8, 4) is 0 Å². The monoisotopic (exact) mass is 236 g/mol. The zero-order valence-corrected chi connectivity index (χ0v) is 10.0. The number of carbonyl (C=O) groups is 1. The average Bonchev–Trinajstić information content (AvgIpc) is 2.28. The highest BCUT2D eigenvalue weighted by Crippen LogP contribution is 2.19. The van der Waals surface area contributed by atoms with Crippen LogP contribution in [0.5, 0.6) is 0 Å². The Kier molecular flexibility index (Phi) is 3.00. The molecule has 1 atom stereocenters. The summed E-state index contributed by atoms with van der Waals surface area (Å²) < 4.78 is 1.49. The minimum Gasteiger partial charge on any atom is -0.481 e. The predicted octanol–water partition coefficient (Wildman–Crippen LogP) is 1.01. The zero-order valence-electron chi connectivity index (χ0n) is 10.0. The molecule has 1 aromatic heterocycles. The minimum absolute atomic E-state index is 0.135. The maximum Gasteiger partial charge on any atom is 0.308 e.